The van der Waals surface area contributed by atoms with E-state index in [1.54, 1.807) is 11.9 Å². The Hall–Kier alpha value is -2.08. The first-order chi connectivity index (χ1) is 8.61. The van der Waals surface area contributed by atoms with Crippen molar-refractivity contribution in [2.24, 2.45) is 5.84 Å². The molecule has 6 heteroatoms. The van der Waals surface area contributed by atoms with E-state index < -0.39 is 6.03 Å². The molecule has 0 radical (unpaired) electrons. The maximum atomic E-state index is 11.5. The highest BCUT2D eigenvalue weighted by Crippen LogP contribution is 2.28. The minimum absolute atomic E-state index is 0.114. The number of amides is 3. The molecule has 3 amide bonds. The summed E-state index contributed by atoms with van der Waals surface area (Å²) in [5.41, 5.74) is 5.11. The number of carbonyl (C=O) groups excluding carboxylic acids is 2. The van der Waals surface area contributed by atoms with Gasteiger partial charge in [0.15, 0.2) is 0 Å². The molecule has 2 rings (SSSR count). The van der Waals surface area contributed by atoms with Gasteiger partial charge in [-0.15, -0.1) is 0 Å². The summed E-state index contributed by atoms with van der Waals surface area (Å²) in [6.45, 7) is 0.506. The summed E-state index contributed by atoms with van der Waals surface area (Å²) in [4.78, 5) is 24.1. The van der Waals surface area contributed by atoms with Gasteiger partial charge in [0.2, 0.25) is 5.91 Å². The Morgan fingerprint density at radius 3 is 3.00 bits per heavy atom. The molecule has 96 valence electrons. The van der Waals surface area contributed by atoms with Gasteiger partial charge in [-0.3, -0.25) is 10.2 Å². The van der Waals surface area contributed by atoms with E-state index in [0.717, 1.165) is 16.8 Å². The molecule has 0 aromatic heterocycles. The van der Waals surface area contributed by atoms with E-state index in [-0.39, 0.29) is 5.91 Å². The van der Waals surface area contributed by atoms with Gasteiger partial charge in [-0.25, -0.2) is 10.6 Å². The third-order valence-corrected chi connectivity index (χ3v) is 3.05. The zero-order chi connectivity index (χ0) is 13.1. The highest BCUT2D eigenvalue weighted by atomic mass is 16.2. The van der Waals surface area contributed by atoms with Crippen LogP contribution in [0, 0.1) is 0 Å². The number of hydrogen-bond acceptors (Lipinski definition) is 3. The maximum Gasteiger partial charge on any atom is 0.328 e. The van der Waals surface area contributed by atoms with Crippen molar-refractivity contribution in [1.29, 1.82) is 0 Å². The largest absolute Gasteiger partial charge is 0.337 e. The van der Waals surface area contributed by atoms with Gasteiger partial charge >= 0.3 is 6.03 Å². The molecule has 1 heterocycles. The molecule has 1 aromatic carbocycles. The average molecular weight is 248 g/mol. The lowest BCUT2D eigenvalue weighted by molar-refractivity contribution is -0.117. The van der Waals surface area contributed by atoms with Gasteiger partial charge in [-0.1, -0.05) is 12.1 Å². The molecule has 0 aliphatic carbocycles. The lowest BCUT2D eigenvalue weighted by Gasteiger charge is -2.10. The van der Waals surface area contributed by atoms with Crippen LogP contribution in [0.25, 0.3) is 0 Å². The second-order valence-corrected chi connectivity index (χ2v) is 4.24. The number of fused-ring (bicyclic) bond motifs is 1. The second kappa shape index (κ2) is 5.05. The highest BCUT2D eigenvalue weighted by molar-refractivity contribution is 6.00. The summed E-state index contributed by atoms with van der Waals surface area (Å²) in [5, 5.41) is 2.61. The van der Waals surface area contributed by atoms with Crippen LogP contribution in [0.4, 0.5) is 10.5 Å². The fourth-order valence-corrected chi connectivity index (χ4v) is 2.05. The monoisotopic (exact) mass is 248 g/mol. The topological polar surface area (TPSA) is 87.5 Å². The summed E-state index contributed by atoms with van der Waals surface area (Å²) >= 11 is 0. The van der Waals surface area contributed by atoms with Crippen molar-refractivity contribution in [2.45, 2.75) is 12.8 Å². The molecule has 0 spiro atoms. The molecular formula is C12H16N4O2. The van der Waals surface area contributed by atoms with E-state index >= 15 is 0 Å². The molecule has 0 bridgehead atoms. The van der Waals surface area contributed by atoms with Crippen molar-refractivity contribution in [3.8, 4) is 0 Å². The van der Waals surface area contributed by atoms with Gasteiger partial charge < -0.3 is 10.2 Å². The number of nitrogens with two attached hydrogens (primary N) is 1. The van der Waals surface area contributed by atoms with Gasteiger partial charge in [-0.2, -0.15) is 0 Å². The predicted octanol–water partition coefficient (Wildman–Crippen LogP) is -0.0791. The van der Waals surface area contributed by atoms with Crippen LogP contribution >= 0.6 is 0 Å². The molecule has 1 aliphatic heterocycles. The molecule has 4 N–H and O–H groups in total. The molecule has 0 saturated carbocycles. The van der Waals surface area contributed by atoms with Crippen LogP contribution in [0.2, 0.25) is 0 Å². The lowest BCUT2D eigenvalue weighted by Crippen LogP contribution is -2.40. The number of nitrogens with zero attached hydrogens (tertiary/aromatic N) is 1. The van der Waals surface area contributed by atoms with Gasteiger partial charge in [0.1, 0.15) is 0 Å². The number of rotatable bonds is 3. The smallest absolute Gasteiger partial charge is 0.328 e. The van der Waals surface area contributed by atoms with Crippen LogP contribution in [0.3, 0.4) is 0 Å². The van der Waals surface area contributed by atoms with E-state index in [0.29, 0.717) is 19.4 Å². The lowest BCUT2D eigenvalue weighted by atomic mass is 10.1. The minimum atomic E-state index is -0.397. The average Bonchev–Trinajstić information content (AvgIpc) is 2.64. The molecule has 0 fully saturated rings. The van der Waals surface area contributed by atoms with Gasteiger partial charge in [0.05, 0.1) is 6.42 Å². The third kappa shape index (κ3) is 2.43. The van der Waals surface area contributed by atoms with Gasteiger partial charge in [-0.05, 0) is 23.6 Å². The first-order valence-corrected chi connectivity index (χ1v) is 5.74. The van der Waals surface area contributed by atoms with Crippen LogP contribution in [0.5, 0.6) is 0 Å². The van der Waals surface area contributed by atoms with Gasteiger partial charge in [0, 0.05) is 19.3 Å². The quantitative estimate of drug-likeness (QED) is 0.397. The normalized spacial score (nSPS) is 13.4. The van der Waals surface area contributed by atoms with Gasteiger partial charge in [0.25, 0.3) is 0 Å². The Balaban J connectivity index is 1.98. The first kappa shape index (κ1) is 12.4. The Labute approximate surface area is 105 Å². The van der Waals surface area contributed by atoms with Crippen LogP contribution in [0.15, 0.2) is 18.2 Å². The number of carbonyl (C=O) groups is 2. The summed E-state index contributed by atoms with van der Waals surface area (Å²) in [5.74, 6) is 5.06. The molecule has 1 aromatic rings. The van der Waals surface area contributed by atoms with Crippen molar-refractivity contribution in [1.82, 2.24) is 10.7 Å². The molecule has 18 heavy (non-hydrogen) atoms. The summed E-state index contributed by atoms with van der Waals surface area (Å²) in [6, 6.07) is 5.53. The summed E-state index contributed by atoms with van der Waals surface area (Å²) in [6.07, 6.45) is 1.16. The Bertz CT molecular complexity index is 487. The molecule has 0 unspecified atom stereocenters. The van der Waals surface area contributed by atoms with Crippen molar-refractivity contribution in [3.63, 3.8) is 0 Å². The Morgan fingerprint density at radius 1 is 1.50 bits per heavy atom. The number of hydrazine groups is 1. The van der Waals surface area contributed by atoms with E-state index in [9.17, 15) is 9.59 Å². The Morgan fingerprint density at radius 2 is 2.28 bits per heavy atom. The first-order valence-electron chi connectivity index (χ1n) is 5.74. The third-order valence-electron chi connectivity index (χ3n) is 3.05. The zero-order valence-electron chi connectivity index (χ0n) is 10.2. The van der Waals surface area contributed by atoms with E-state index in [2.05, 4.69) is 5.32 Å². The molecule has 0 saturated heterocycles. The number of likely N-dealkylation sites (N-methyl/N-ethyl adjacent to an activating group) is 1. The number of hydrogen-bond donors (Lipinski definition) is 3. The highest BCUT2D eigenvalue weighted by Gasteiger charge is 2.23. The minimum Gasteiger partial charge on any atom is -0.337 e. The summed E-state index contributed by atoms with van der Waals surface area (Å²) < 4.78 is 0. The van der Waals surface area contributed by atoms with Crippen molar-refractivity contribution >= 4 is 17.6 Å². The van der Waals surface area contributed by atoms with Crippen LogP contribution in [0.1, 0.15) is 11.1 Å². The van der Waals surface area contributed by atoms with Crippen LogP contribution in [-0.2, 0) is 17.6 Å². The molecule has 6 nitrogen and oxygen atoms in total. The zero-order valence-corrected chi connectivity index (χ0v) is 10.2. The second-order valence-electron chi connectivity index (χ2n) is 4.24. The summed E-state index contributed by atoms with van der Waals surface area (Å²) in [7, 11) is 1.78. The number of nitrogens with one attached hydrogen (secondary N) is 2. The van der Waals surface area contributed by atoms with Crippen molar-refractivity contribution in [2.75, 3.05) is 18.5 Å². The number of anilines is 1. The fourth-order valence-electron chi connectivity index (χ4n) is 2.05. The SMILES string of the molecule is CN1C(=O)Cc2cc(CCNC(=O)NN)ccc21. The van der Waals surface area contributed by atoms with E-state index in [4.69, 9.17) is 5.84 Å². The van der Waals surface area contributed by atoms with Crippen molar-refractivity contribution in [3.05, 3.63) is 29.3 Å². The maximum absolute atomic E-state index is 11.5. The molecular weight excluding hydrogens is 232 g/mol. The van der Waals surface area contributed by atoms with Crippen LogP contribution < -0.4 is 21.5 Å². The molecule has 0 atom stereocenters. The van der Waals surface area contributed by atoms with E-state index in [1.165, 1.54) is 0 Å². The van der Waals surface area contributed by atoms with E-state index in [1.807, 2.05) is 23.6 Å². The standard InChI is InChI=1S/C12H16N4O2/c1-16-10-3-2-8(4-5-14-12(18)15-13)6-9(10)7-11(16)17/h2-3,6H,4-5,7,13H2,1H3,(H2,14,15,18). The predicted molar refractivity (Wildman–Crippen MR) is 68.0 cm³/mol. The Kier molecular flexibility index (Phi) is 3.47. The number of benzene rings is 1. The number of urea groups is 1. The van der Waals surface area contributed by atoms with Crippen molar-refractivity contribution < 1.29 is 9.59 Å². The molecule has 1 aliphatic rings. The van der Waals surface area contributed by atoms with Crippen LogP contribution in [-0.4, -0.2) is 25.5 Å². The fraction of sp³-hybridized carbons (Fsp3) is 0.333.